The molecule has 4 atom stereocenters. The van der Waals surface area contributed by atoms with Crippen molar-refractivity contribution < 1.29 is 42.2 Å². The van der Waals surface area contributed by atoms with Gasteiger partial charge in [-0.15, -0.1) is 0 Å². The van der Waals surface area contributed by atoms with Crippen LogP contribution in [0.25, 0.3) is 0 Å². The van der Waals surface area contributed by atoms with Crippen LogP contribution in [0.15, 0.2) is 41.3 Å². The van der Waals surface area contributed by atoms with E-state index in [1.54, 1.807) is 4.72 Å². The first-order valence-electron chi connectivity index (χ1n) is 8.90. The Morgan fingerprint density at radius 1 is 1.19 bits per heavy atom. The van der Waals surface area contributed by atoms with Gasteiger partial charge in [0.1, 0.15) is 24.1 Å². The van der Waals surface area contributed by atoms with Crippen molar-refractivity contribution in [2.45, 2.75) is 24.5 Å². The molecule has 2 aromatic rings. The molecule has 14 nitrogen and oxygen atoms in total. The first-order chi connectivity index (χ1) is 15.0. The standard InChI is InChI=1S/C17H18N4O10S/c18-11-5-6-21(17(27)19-11)15-13(23)12(22)10(31-15)7-30-32(28,29)20-14(24)8-3-1-2-4-9(8)16(25)26/h1-6,10,12-13,15,22-23H,7H2,(H,20,24)(H,25,26)(H2,18,19,27)/t10-,12-,13-,15-/m1/s1. The van der Waals surface area contributed by atoms with Gasteiger partial charge in [0.15, 0.2) is 6.23 Å². The fourth-order valence-corrected chi connectivity index (χ4v) is 3.65. The van der Waals surface area contributed by atoms with Crippen molar-refractivity contribution in [1.29, 1.82) is 0 Å². The molecule has 32 heavy (non-hydrogen) atoms. The molecule has 0 unspecified atom stereocenters. The lowest BCUT2D eigenvalue weighted by Crippen LogP contribution is -2.38. The zero-order valence-corrected chi connectivity index (χ0v) is 16.9. The van der Waals surface area contributed by atoms with Crippen molar-refractivity contribution >= 4 is 28.0 Å². The van der Waals surface area contributed by atoms with Gasteiger partial charge in [-0.3, -0.25) is 13.5 Å². The maximum atomic E-state index is 12.2. The van der Waals surface area contributed by atoms with E-state index in [1.165, 1.54) is 24.4 Å². The SMILES string of the molecule is Nc1ccn([C@@H]2O[C@H](COS(=O)(=O)NC(=O)c3ccccc3C(=O)O)[C@@H](O)[C@H]2O)c(=O)n1. The molecule has 15 heteroatoms. The van der Waals surface area contributed by atoms with E-state index >= 15 is 0 Å². The molecule has 1 aromatic heterocycles. The van der Waals surface area contributed by atoms with Crippen LogP contribution in [0.4, 0.5) is 5.82 Å². The van der Waals surface area contributed by atoms with Crippen LogP contribution >= 0.6 is 0 Å². The number of carbonyl (C=O) groups excluding carboxylic acids is 1. The summed E-state index contributed by atoms with van der Waals surface area (Å²) in [5.41, 5.74) is 3.66. The highest BCUT2D eigenvalue weighted by atomic mass is 32.2. The smallest absolute Gasteiger partial charge is 0.362 e. The number of anilines is 1. The molecule has 1 aliphatic heterocycles. The molecule has 0 bridgehead atoms. The maximum Gasteiger partial charge on any atom is 0.362 e. The summed E-state index contributed by atoms with van der Waals surface area (Å²) < 4.78 is 36.6. The van der Waals surface area contributed by atoms with Gasteiger partial charge >= 0.3 is 22.0 Å². The normalized spacial score (nSPS) is 23.1. The van der Waals surface area contributed by atoms with Crippen LogP contribution in [0.2, 0.25) is 0 Å². The predicted molar refractivity (Wildman–Crippen MR) is 105 cm³/mol. The summed E-state index contributed by atoms with van der Waals surface area (Å²) in [6, 6.07) is 6.17. The zero-order valence-electron chi connectivity index (χ0n) is 16.1. The summed E-state index contributed by atoms with van der Waals surface area (Å²) in [6.45, 7) is -0.838. The Labute approximate surface area is 180 Å². The lowest BCUT2D eigenvalue weighted by molar-refractivity contribution is -0.0509. The van der Waals surface area contributed by atoms with Crippen molar-refractivity contribution in [2.24, 2.45) is 0 Å². The molecule has 0 spiro atoms. The summed E-state index contributed by atoms with van der Waals surface area (Å²) >= 11 is 0. The van der Waals surface area contributed by atoms with Gasteiger partial charge in [-0.1, -0.05) is 12.1 Å². The maximum absolute atomic E-state index is 12.2. The number of carboxylic acid groups (broad SMARTS) is 1. The van der Waals surface area contributed by atoms with Gasteiger partial charge in [-0.2, -0.15) is 13.4 Å². The number of benzene rings is 1. The van der Waals surface area contributed by atoms with Crippen LogP contribution in [0.1, 0.15) is 26.9 Å². The Morgan fingerprint density at radius 3 is 2.47 bits per heavy atom. The van der Waals surface area contributed by atoms with E-state index in [4.69, 9.17) is 15.6 Å². The molecule has 1 fully saturated rings. The monoisotopic (exact) mass is 470 g/mol. The number of aliphatic hydroxyl groups excluding tert-OH is 2. The average molecular weight is 470 g/mol. The van der Waals surface area contributed by atoms with Crippen molar-refractivity contribution in [3.63, 3.8) is 0 Å². The number of aromatic carboxylic acids is 1. The van der Waals surface area contributed by atoms with Gasteiger partial charge in [0.2, 0.25) is 0 Å². The number of hydrogen-bond donors (Lipinski definition) is 5. The minimum atomic E-state index is -4.76. The summed E-state index contributed by atoms with van der Waals surface area (Å²) in [7, 11) is -4.76. The van der Waals surface area contributed by atoms with Crippen LogP contribution in [0.5, 0.6) is 0 Å². The fraction of sp³-hybridized carbons (Fsp3) is 0.294. The molecule has 0 saturated carbocycles. The number of carbonyl (C=O) groups is 2. The Bertz CT molecular complexity index is 1200. The molecule has 0 radical (unpaired) electrons. The zero-order chi connectivity index (χ0) is 23.6. The quantitative estimate of drug-likeness (QED) is 0.292. The largest absolute Gasteiger partial charge is 0.478 e. The molecule has 2 heterocycles. The number of ether oxygens (including phenoxy) is 1. The number of nitrogens with two attached hydrogens (primary N) is 1. The number of nitrogen functional groups attached to an aromatic ring is 1. The second-order valence-electron chi connectivity index (χ2n) is 6.61. The van der Waals surface area contributed by atoms with Gasteiger partial charge in [0.25, 0.3) is 5.91 Å². The van der Waals surface area contributed by atoms with Crippen LogP contribution < -0.4 is 16.1 Å². The van der Waals surface area contributed by atoms with Crippen molar-refractivity contribution in [3.05, 3.63) is 58.1 Å². The molecule has 1 aliphatic rings. The number of aliphatic hydroxyl groups is 2. The molecule has 3 rings (SSSR count). The van der Waals surface area contributed by atoms with E-state index in [-0.39, 0.29) is 5.82 Å². The second kappa shape index (κ2) is 9.01. The molecular formula is C17H18N4O10S. The van der Waals surface area contributed by atoms with Crippen molar-refractivity contribution in [2.75, 3.05) is 12.3 Å². The fourth-order valence-electron chi connectivity index (χ4n) is 2.94. The van der Waals surface area contributed by atoms with Crippen molar-refractivity contribution in [1.82, 2.24) is 14.3 Å². The predicted octanol–water partition coefficient (Wildman–Crippen LogP) is -2.17. The number of nitrogens with one attached hydrogen (secondary N) is 1. The van der Waals surface area contributed by atoms with Crippen LogP contribution in [-0.4, -0.2) is 70.1 Å². The van der Waals surface area contributed by atoms with Crippen LogP contribution in [0.3, 0.4) is 0 Å². The Kier molecular flexibility index (Phi) is 6.56. The molecule has 172 valence electrons. The second-order valence-corrected chi connectivity index (χ2v) is 7.96. The molecule has 1 saturated heterocycles. The van der Waals surface area contributed by atoms with Gasteiger partial charge in [-0.25, -0.2) is 14.3 Å². The van der Waals surface area contributed by atoms with Crippen LogP contribution in [0, 0.1) is 0 Å². The number of carboxylic acids is 1. The van der Waals surface area contributed by atoms with E-state index in [0.29, 0.717) is 0 Å². The lowest BCUT2D eigenvalue weighted by Gasteiger charge is -2.16. The molecule has 0 aliphatic carbocycles. The Hall–Kier alpha value is -3.37. The minimum absolute atomic E-state index is 0.0783. The summed E-state index contributed by atoms with van der Waals surface area (Å²) in [4.78, 5) is 38.8. The molecule has 1 amide bonds. The minimum Gasteiger partial charge on any atom is -0.478 e. The summed E-state index contributed by atoms with van der Waals surface area (Å²) in [6.07, 6.45) is -4.92. The Morgan fingerprint density at radius 2 is 1.84 bits per heavy atom. The number of amides is 1. The number of rotatable bonds is 7. The highest BCUT2D eigenvalue weighted by Crippen LogP contribution is 2.28. The molecule has 1 aromatic carbocycles. The van der Waals surface area contributed by atoms with Gasteiger partial charge in [0.05, 0.1) is 17.7 Å². The average Bonchev–Trinajstić information content (AvgIpc) is 3.00. The van der Waals surface area contributed by atoms with E-state index in [1.807, 2.05) is 0 Å². The third-order valence-corrected chi connectivity index (χ3v) is 5.35. The third kappa shape index (κ3) is 4.92. The Balaban J connectivity index is 1.67. The number of nitrogens with zero attached hydrogens (tertiary/aromatic N) is 2. The van der Waals surface area contributed by atoms with E-state index < -0.39 is 70.1 Å². The van der Waals surface area contributed by atoms with E-state index in [9.17, 15) is 33.0 Å². The first kappa shape index (κ1) is 23.3. The number of aromatic nitrogens is 2. The molecule has 6 N–H and O–H groups in total. The highest BCUT2D eigenvalue weighted by Gasteiger charge is 2.45. The van der Waals surface area contributed by atoms with E-state index in [0.717, 1.165) is 16.7 Å². The summed E-state index contributed by atoms with van der Waals surface area (Å²) in [5.74, 6) is -2.78. The first-order valence-corrected chi connectivity index (χ1v) is 10.3. The number of hydrogen-bond acceptors (Lipinski definition) is 11. The highest BCUT2D eigenvalue weighted by molar-refractivity contribution is 7.85. The van der Waals surface area contributed by atoms with E-state index in [2.05, 4.69) is 9.17 Å². The summed E-state index contributed by atoms with van der Waals surface area (Å²) in [5, 5.41) is 29.4. The van der Waals surface area contributed by atoms with Gasteiger partial charge in [-0.05, 0) is 18.2 Å². The van der Waals surface area contributed by atoms with Gasteiger partial charge in [0, 0.05) is 6.20 Å². The lowest BCUT2D eigenvalue weighted by atomic mass is 10.1. The molecular weight excluding hydrogens is 452 g/mol. The topological polar surface area (TPSA) is 220 Å². The van der Waals surface area contributed by atoms with Crippen LogP contribution in [-0.2, 0) is 19.2 Å². The third-order valence-electron chi connectivity index (χ3n) is 4.47. The van der Waals surface area contributed by atoms with Crippen molar-refractivity contribution in [3.8, 4) is 0 Å². The van der Waals surface area contributed by atoms with Gasteiger partial charge < -0.3 is 25.8 Å².